The standard InChI is InChI=1S/C16H17FN2O/c1-10-7-12(17)9-13(8-10)19-15(16(18)20)14-6-4-3-5-11(14)2/h3-9,15,19H,1-2H3,(H2,18,20). The summed E-state index contributed by atoms with van der Waals surface area (Å²) in [6.45, 7) is 3.70. The first-order valence-electron chi connectivity index (χ1n) is 6.36. The largest absolute Gasteiger partial charge is 0.370 e. The second-order valence-electron chi connectivity index (χ2n) is 4.85. The minimum absolute atomic E-state index is 0.347. The Morgan fingerprint density at radius 2 is 1.90 bits per heavy atom. The predicted molar refractivity (Wildman–Crippen MR) is 77.9 cm³/mol. The van der Waals surface area contributed by atoms with Crippen LogP contribution in [0, 0.1) is 19.7 Å². The molecule has 4 heteroatoms. The Morgan fingerprint density at radius 3 is 2.50 bits per heavy atom. The lowest BCUT2D eigenvalue weighted by Crippen LogP contribution is -2.28. The van der Waals surface area contributed by atoms with Crippen LogP contribution in [0.2, 0.25) is 0 Å². The summed E-state index contributed by atoms with van der Waals surface area (Å²) in [7, 11) is 0. The number of nitrogens with one attached hydrogen (secondary N) is 1. The molecule has 1 amide bonds. The molecule has 0 heterocycles. The maximum Gasteiger partial charge on any atom is 0.244 e. The smallest absolute Gasteiger partial charge is 0.244 e. The molecule has 0 aliphatic heterocycles. The molecule has 0 saturated heterocycles. The van der Waals surface area contributed by atoms with Gasteiger partial charge in [0.1, 0.15) is 11.9 Å². The van der Waals surface area contributed by atoms with E-state index in [1.165, 1.54) is 12.1 Å². The van der Waals surface area contributed by atoms with Crippen molar-refractivity contribution in [3.8, 4) is 0 Å². The third-order valence-electron chi connectivity index (χ3n) is 3.14. The fourth-order valence-electron chi connectivity index (χ4n) is 2.20. The molecule has 2 aromatic carbocycles. The molecule has 0 spiro atoms. The molecule has 0 radical (unpaired) electrons. The third-order valence-corrected chi connectivity index (χ3v) is 3.14. The molecule has 2 aromatic rings. The second-order valence-corrected chi connectivity index (χ2v) is 4.85. The van der Waals surface area contributed by atoms with Gasteiger partial charge in [-0.2, -0.15) is 0 Å². The zero-order valence-electron chi connectivity index (χ0n) is 11.5. The number of anilines is 1. The van der Waals surface area contributed by atoms with Gasteiger partial charge in [0.25, 0.3) is 0 Å². The van der Waals surface area contributed by atoms with Crippen molar-refractivity contribution in [2.24, 2.45) is 5.73 Å². The van der Waals surface area contributed by atoms with E-state index in [1.54, 1.807) is 13.0 Å². The highest BCUT2D eigenvalue weighted by Crippen LogP contribution is 2.23. The van der Waals surface area contributed by atoms with Crippen molar-refractivity contribution in [2.75, 3.05) is 5.32 Å². The van der Waals surface area contributed by atoms with Crippen molar-refractivity contribution in [3.63, 3.8) is 0 Å². The van der Waals surface area contributed by atoms with Crippen LogP contribution in [-0.2, 0) is 4.79 Å². The average molecular weight is 272 g/mol. The maximum atomic E-state index is 13.4. The van der Waals surface area contributed by atoms with Crippen LogP contribution in [0.25, 0.3) is 0 Å². The zero-order chi connectivity index (χ0) is 14.7. The van der Waals surface area contributed by atoms with Crippen molar-refractivity contribution in [3.05, 3.63) is 65.0 Å². The van der Waals surface area contributed by atoms with Gasteiger partial charge >= 0.3 is 0 Å². The fraction of sp³-hybridized carbons (Fsp3) is 0.188. The molecule has 2 rings (SSSR count). The van der Waals surface area contributed by atoms with E-state index in [2.05, 4.69) is 5.32 Å². The highest BCUT2D eigenvalue weighted by atomic mass is 19.1. The van der Waals surface area contributed by atoms with Gasteiger partial charge in [-0.1, -0.05) is 24.3 Å². The van der Waals surface area contributed by atoms with Gasteiger partial charge in [-0.15, -0.1) is 0 Å². The van der Waals surface area contributed by atoms with Crippen LogP contribution in [-0.4, -0.2) is 5.91 Å². The lowest BCUT2D eigenvalue weighted by molar-refractivity contribution is -0.118. The fourth-order valence-corrected chi connectivity index (χ4v) is 2.20. The first kappa shape index (κ1) is 14.1. The SMILES string of the molecule is Cc1cc(F)cc(NC(C(N)=O)c2ccccc2C)c1. The molecule has 0 aliphatic rings. The number of hydrogen-bond acceptors (Lipinski definition) is 2. The predicted octanol–water partition coefficient (Wildman–Crippen LogP) is 3.08. The summed E-state index contributed by atoms with van der Waals surface area (Å²) in [5, 5.41) is 3.00. The van der Waals surface area contributed by atoms with Gasteiger partial charge in [0.15, 0.2) is 0 Å². The number of primary amides is 1. The minimum Gasteiger partial charge on any atom is -0.370 e. The lowest BCUT2D eigenvalue weighted by atomic mass is 10.0. The zero-order valence-corrected chi connectivity index (χ0v) is 11.5. The highest BCUT2D eigenvalue weighted by molar-refractivity contribution is 5.85. The van der Waals surface area contributed by atoms with Gasteiger partial charge in [-0.05, 0) is 48.7 Å². The van der Waals surface area contributed by atoms with E-state index in [0.717, 1.165) is 16.7 Å². The summed E-state index contributed by atoms with van der Waals surface area (Å²) in [5.74, 6) is -0.846. The minimum atomic E-state index is -0.683. The van der Waals surface area contributed by atoms with Gasteiger partial charge in [-0.25, -0.2) is 4.39 Å². The van der Waals surface area contributed by atoms with Crippen molar-refractivity contribution in [2.45, 2.75) is 19.9 Å². The summed E-state index contributed by atoms with van der Waals surface area (Å²) in [6, 6.07) is 11.3. The van der Waals surface area contributed by atoms with Crippen molar-refractivity contribution < 1.29 is 9.18 Å². The molecular weight excluding hydrogens is 255 g/mol. The van der Waals surface area contributed by atoms with E-state index in [4.69, 9.17) is 5.73 Å². The highest BCUT2D eigenvalue weighted by Gasteiger charge is 2.19. The molecule has 104 valence electrons. The van der Waals surface area contributed by atoms with Gasteiger partial charge in [0.2, 0.25) is 5.91 Å². The van der Waals surface area contributed by atoms with Gasteiger partial charge in [-0.3, -0.25) is 4.79 Å². The topological polar surface area (TPSA) is 55.1 Å². The van der Waals surface area contributed by atoms with Crippen LogP contribution in [0.1, 0.15) is 22.7 Å². The normalized spacial score (nSPS) is 11.9. The summed E-state index contributed by atoms with van der Waals surface area (Å²) in [4.78, 5) is 11.7. The molecule has 20 heavy (non-hydrogen) atoms. The van der Waals surface area contributed by atoms with E-state index in [-0.39, 0.29) is 5.82 Å². The molecule has 0 fully saturated rings. The Labute approximate surface area is 117 Å². The number of aryl methyl sites for hydroxylation is 2. The van der Waals surface area contributed by atoms with Crippen LogP contribution >= 0.6 is 0 Å². The number of benzene rings is 2. The number of carbonyl (C=O) groups is 1. The average Bonchev–Trinajstić information content (AvgIpc) is 2.35. The van der Waals surface area contributed by atoms with E-state index in [0.29, 0.717) is 5.69 Å². The Morgan fingerprint density at radius 1 is 1.20 bits per heavy atom. The Bertz CT molecular complexity index is 620. The number of rotatable bonds is 4. The van der Waals surface area contributed by atoms with Crippen LogP contribution in [0.5, 0.6) is 0 Å². The first-order chi connectivity index (χ1) is 9.47. The molecule has 3 N–H and O–H groups in total. The summed E-state index contributed by atoms with van der Waals surface area (Å²) >= 11 is 0. The number of carbonyl (C=O) groups excluding carboxylic acids is 1. The Balaban J connectivity index is 2.36. The van der Waals surface area contributed by atoms with E-state index in [1.807, 2.05) is 31.2 Å². The van der Waals surface area contributed by atoms with Crippen LogP contribution in [0.15, 0.2) is 42.5 Å². The summed E-state index contributed by atoms with van der Waals surface area (Å²) < 4.78 is 13.4. The molecular formula is C16H17FN2O. The van der Waals surface area contributed by atoms with Crippen LogP contribution in [0.4, 0.5) is 10.1 Å². The number of hydrogen-bond donors (Lipinski definition) is 2. The molecule has 3 nitrogen and oxygen atoms in total. The molecule has 0 bridgehead atoms. The number of halogens is 1. The summed E-state index contributed by atoms with van der Waals surface area (Å²) in [6.07, 6.45) is 0. The Hall–Kier alpha value is -2.36. The Kier molecular flexibility index (Phi) is 4.03. The van der Waals surface area contributed by atoms with Gasteiger partial charge in [0, 0.05) is 5.69 Å². The van der Waals surface area contributed by atoms with Gasteiger partial charge in [0.05, 0.1) is 0 Å². The summed E-state index contributed by atoms with van der Waals surface area (Å²) in [5.41, 5.74) is 8.53. The van der Waals surface area contributed by atoms with Crippen molar-refractivity contribution >= 4 is 11.6 Å². The van der Waals surface area contributed by atoms with E-state index < -0.39 is 11.9 Å². The molecule has 0 aromatic heterocycles. The lowest BCUT2D eigenvalue weighted by Gasteiger charge is -2.19. The van der Waals surface area contributed by atoms with Crippen molar-refractivity contribution in [1.29, 1.82) is 0 Å². The molecule has 1 unspecified atom stereocenters. The van der Waals surface area contributed by atoms with Crippen LogP contribution in [0.3, 0.4) is 0 Å². The second kappa shape index (κ2) is 5.74. The maximum absolute atomic E-state index is 13.4. The van der Waals surface area contributed by atoms with E-state index >= 15 is 0 Å². The number of nitrogens with two attached hydrogens (primary N) is 1. The number of amides is 1. The molecule has 0 aliphatic carbocycles. The van der Waals surface area contributed by atoms with Gasteiger partial charge < -0.3 is 11.1 Å². The quantitative estimate of drug-likeness (QED) is 0.898. The van der Waals surface area contributed by atoms with E-state index in [9.17, 15) is 9.18 Å². The monoisotopic (exact) mass is 272 g/mol. The third kappa shape index (κ3) is 3.15. The van der Waals surface area contributed by atoms with Crippen molar-refractivity contribution in [1.82, 2.24) is 0 Å². The molecule has 0 saturated carbocycles. The first-order valence-corrected chi connectivity index (χ1v) is 6.36. The molecule has 1 atom stereocenters. The van der Waals surface area contributed by atoms with Crippen LogP contribution < -0.4 is 11.1 Å².